The number of rotatable bonds is 6. The fraction of sp³-hybridized carbons (Fsp3) is 0.571. The molecule has 1 aromatic rings. The highest BCUT2D eigenvalue weighted by Gasteiger charge is 2.09. The van der Waals surface area contributed by atoms with Crippen molar-refractivity contribution in [2.45, 2.75) is 45.4 Å². The van der Waals surface area contributed by atoms with Crippen LogP contribution >= 0.6 is 12.6 Å². The first-order chi connectivity index (χ1) is 7.66. The summed E-state index contributed by atoms with van der Waals surface area (Å²) in [5.74, 6) is 1.85. The van der Waals surface area contributed by atoms with Gasteiger partial charge in [0.2, 0.25) is 0 Å². The lowest BCUT2D eigenvalue weighted by Crippen LogP contribution is -1.93. The van der Waals surface area contributed by atoms with E-state index >= 15 is 0 Å². The van der Waals surface area contributed by atoms with Gasteiger partial charge in [0.05, 0.1) is 0 Å². The molecule has 0 amide bonds. The number of hydrogen-bond donors (Lipinski definition) is 2. The van der Waals surface area contributed by atoms with E-state index in [2.05, 4.69) is 26.5 Å². The number of phenols is 1. The van der Waals surface area contributed by atoms with Gasteiger partial charge in [0.1, 0.15) is 5.75 Å². The minimum Gasteiger partial charge on any atom is -0.507 e. The smallest absolute Gasteiger partial charge is 0.122 e. The lowest BCUT2D eigenvalue weighted by Gasteiger charge is -2.12. The van der Waals surface area contributed by atoms with Crippen molar-refractivity contribution >= 4 is 12.6 Å². The van der Waals surface area contributed by atoms with Crippen molar-refractivity contribution < 1.29 is 5.11 Å². The normalized spacial score (nSPS) is 11.0. The molecule has 0 aliphatic rings. The summed E-state index contributed by atoms with van der Waals surface area (Å²) in [6, 6.07) is 6.09. The molecule has 1 nitrogen and oxygen atoms in total. The standard InChI is InChI=1S/C14H22OS/c1-11(2)13-9-6-8-12(14(13)15)7-4-3-5-10-16/h6,8-9,11,15-16H,3-5,7,10H2,1-2H3. The van der Waals surface area contributed by atoms with Crippen molar-refractivity contribution in [1.82, 2.24) is 0 Å². The van der Waals surface area contributed by atoms with Gasteiger partial charge in [0.25, 0.3) is 0 Å². The molecule has 0 aliphatic heterocycles. The molecule has 90 valence electrons. The molecule has 0 aromatic heterocycles. The van der Waals surface area contributed by atoms with Crippen LogP contribution in [0.1, 0.15) is 50.2 Å². The zero-order chi connectivity index (χ0) is 12.0. The molecule has 0 radical (unpaired) electrons. The van der Waals surface area contributed by atoms with Gasteiger partial charge in [-0.3, -0.25) is 0 Å². The molecule has 0 heterocycles. The maximum Gasteiger partial charge on any atom is 0.122 e. The molecule has 0 fully saturated rings. The molecule has 0 aliphatic carbocycles. The van der Waals surface area contributed by atoms with Gasteiger partial charge in [-0.1, -0.05) is 38.5 Å². The highest BCUT2D eigenvalue weighted by molar-refractivity contribution is 7.80. The van der Waals surface area contributed by atoms with E-state index in [1.165, 1.54) is 6.42 Å². The predicted octanol–water partition coefficient (Wildman–Crippen LogP) is 4.16. The second-order valence-corrected chi connectivity index (χ2v) is 4.99. The Hall–Kier alpha value is -0.630. The van der Waals surface area contributed by atoms with Crippen molar-refractivity contribution in [2.75, 3.05) is 5.75 Å². The van der Waals surface area contributed by atoms with E-state index < -0.39 is 0 Å². The highest BCUT2D eigenvalue weighted by atomic mass is 32.1. The molecule has 16 heavy (non-hydrogen) atoms. The van der Waals surface area contributed by atoms with Crippen LogP contribution < -0.4 is 0 Å². The predicted molar refractivity (Wildman–Crippen MR) is 73.6 cm³/mol. The SMILES string of the molecule is CC(C)c1cccc(CCCCCS)c1O. The third-order valence-corrected chi connectivity index (χ3v) is 3.19. The Morgan fingerprint density at radius 2 is 1.94 bits per heavy atom. The average molecular weight is 238 g/mol. The zero-order valence-electron chi connectivity index (χ0n) is 10.2. The molecular weight excluding hydrogens is 216 g/mol. The molecular formula is C14H22OS. The molecule has 1 rings (SSSR count). The third kappa shape index (κ3) is 3.75. The summed E-state index contributed by atoms with van der Waals surface area (Å²) in [4.78, 5) is 0. The largest absolute Gasteiger partial charge is 0.507 e. The highest BCUT2D eigenvalue weighted by Crippen LogP contribution is 2.29. The van der Waals surface area contributed by atoms with Crippen LogP contribution in [-0.4, -0.2) is 10.9 Å². The van der Waals surface area contributed by atoms with Crippen molar-refractivity contribution in [3.05, 3.63) is 29.3 Å². The van der Waals surface area contributed by atoms with E-state index in [4.69, 9.17) is 0 Å². The lowest BCUT2D eigenvalue weighted by atomic mass is 9.97. The second kappa shape index (κ2) is 6.85. The summed E-state index contributed by atoms with van der Waals surface area (Å²) in [5, 5.41) is 10.1. The Kier molecular flexibility index (Phi) is 5.75. The van der Waals surface area contributed by atoms with Crippen LogP contribution in [-0.2, 0) is 6.42 Å². The fourth-order valence-corrected chi connectivity index (χ4v) is 2.11. The number of phenolic OH excluding ortho intramolecular Hbond substituents is 1. The Labute approximate surface area is 104 Å². The summed E-state index contributed by atoms with van der Waals surface area (Å²) in [5.41, 5.74) is 2.15. The first kappa shape index (κ1) is 13.4. The van der Waals surface area contributed by atoms with Crippen LogP contribution in [0.3, 0.4) is 0 Å². The zero-order valence-corrected chi connectivity index (χ0v) is 11.1. The van der Waals surface area contributed by atoms with Crippen LogP contribution in [0.5, 0.6) is 5.75 Å². The summed E-state index contributed by atoms with van der Waals surface area (Å²) in [6.45, 7) is 4.22. The molecule has 0 spiro atoms. The number of aromatic hydroxyl groups is 1. The van der Waals surface area contributed by atoms with Gasteiger partial charge in [0.15, 0.2) is 0 Å². The monoisotopic (exact) mass is 238 g/mol. The van der Waals surface area contributed by atoms with E-state index in [-0.39, 0.29) is 0 Å². The van der Waals surface area contributed by atoms with Crippen molar-refractivity contribution in [2.24, 2.45) is 0 Å². The maximum absolute atomic E-state index is 10.1. The van der Waals surface area contributed by atoms with E-state index in [9.17, 15) is 5.11 Å². The minimum atomic E-state index is 0.386. The van der Waals surface area contributed by atoms with Crippen LogP contribution in [0.4, 0.5) is 0 Å². The quantitative estimate of drug-likeness (QED) is 0.563. The summed E-state index contributed by atoms with van der Waals surface area (Å²) >= 11 is 4.19. The van der Waals surface area contributed by atoms with Gasteiger partial charge in [-0.05, 0) is 42.1 Å². The molecule has 0 saturated carbocycles. The Balaban J connectivity index is 2.62. The first-order valence-electron chi connectivity index (χ1n) is 6.08. The number of unbranched alkanes of at least 4 members (excludes halogenated alkanes) is 2. The molecule has 1 N–H and O–H groups in total. The van der Waals surface area contributed by atoms with E-state index in [1.54, 1.807) is 0 Å². The molecule has 2 heteroatoms. The molecule has 1 aromatic carbocycles. The number of thiol groups is 1. The topological polar surface area (TPSA) is 20.2 Å². The van der Waals surface area contributed by atoms with E-state index in [1.807, 2.05) is 18.2 Å². The summed E-state index contributed by atoms with van der Waals surface area (Å²) in [7, 11) is 0. The summed E-state index contributed by atoms with van der Waals surface area (Å²) < 4.78 is 0. The van der Waals surface area contributed by atoms with Crippen LogP contribution in [0.2, 0.25) is 0 Å². The van der Waals surface area contributed by atoms with Gasteiger partial charge in [-0.2, -0.15) is 12.6 Å². The molecule has 0 unspecified atom stereocenters. The Morgan fingerprint density at radius 3 is 2.56 bits per heavy atom. The van der Waals surface area contributed by atoms with Gasteiger partial charge >= 0.3 is 0 Å². The van der Waals surface area contributed by atoms with Crippen molar-refractivity contribution in [3.8, 4) is 5.75 Å². The van der Waals surface area contributed by atoms with Crippen molar-refractivity contribution in [1.29, 1.82) is 0 Å². The van der Waals surface area contributed by atoms with Gasteiger partial charge in [-0.25, -0.2) is 0 Å². The molecule has 0 atom stereocenters. The fourth-order valence-electron chi connectivity index (χ4n) is 1.88. The number of para-hydroxylation sites is 1. The Morgan fingerprint density at radius 1 is 1.19 bits per heavy atom. The number of hydrogen-bond acceptors (Lipinski definition) is 2. The lowest BCUT2D eigenvalue weighted by molar-refractivity contribution is 0.456. The van der Waals surface area contributed by atoms with Gasteiger partial charge in [-0.15, -0.1) is 0 Å². The summed E-state index contributed by atoms with van der Waals surface area (Å²) in [6.07, 6.45) is 4.46. The van der Waals surface area contributed by atoms with Crippen molar-refractivity contribution in [3.63, 3.8) is 0 Å². The molecule has 0 saturated heterocycles. The number of benzene rings is 1. The molecule has 0 bridgehead atoms. The Bertz CT molecular complexity index is 321. The van der Waals surface area contributed by atoms with Crippen LogP contribution in [0.25, 0.3) is 0 Å². The van der Waals surface area contributed by atoms with Crippen LogP contribution in [0.15, 0.2) is 18.2 Å². The number of aryl methyl sites for hydroxylation is 1. The van der Waals surface area contributed by atoms with E-state index in [0.717, 1.165) is 36.1 Å². The van der Waals surface area contributed by atoms with Gasteiger partial charge < -0.3 is 5.11 Å². The maximum atomic E-state index is 10.1. The first-order valence-corrected chi connectivity index (χ1v) is 6.71. The van der Waals surface area contributed by atoms with Crippen LogP contribution in [0, 0.1) is 0 Å². The third-order valence-electron chi connectivity index (χ3n) is 2.88. The minimum absolute atomic E-state index is 0.386. The second-order valence-electron chi connectivity index (χ2n) is 4.54. The van der Waals surface area contributed by atoms with E-state index in [0.29, 0.717) is 11.7 Å². The van der Waals surface area contributed by atoms with Gasteiger partial charge in [0, 0.05) is 0 Å². The average Bonchev–Trinajstić information content (AvgIpc) is 2.26.